The first-order chi connectivity index (χ1) is 36.9. The fourth-order valence-corrected chi connectivity index (χ4v) is 12.3. The molecule has 76 heavy (non-hydrogen) atoms. The van der Waals surface area contributed by atoms with E-state index < -0.39 is 41.5 Å². The molecule has 5 aliphatic rings. The molecule has 6 aromatic rings. The van der Waals surface area contributed by atoms with Crippen LogP contribution >= 0.6 is 11.3 Å². The Labute approximate surface area is 442 Å². The molecule has 3 N–H and O–H groups in total. The van der Waals surface area contributed by atoms with Gasteiger partial charge in [0, 0.05) is 69.9 Å². The summed E-state index contributed by atoms with van der Waals surface area (Å²) >= 11 is 1.42. The quantitative estimate of drug-likeness (QED) is 0.0679. The predicted octanol–water partition coefficient (Wildman–Crippen LogP) is 7.41. The Hall–Kier alpha value is -7.61. The van der Waals surface area contributed by atoms with E-state index in [4.69, 9.17) is 9.72 Å². The van der Waals surface area contributed by atoms with Crippen LogP contribution in [0.2, 0.25) is 0 Å². The molecule has 0 bridgehead atoms. The van der Waals surface area contributed by atoms with Crippen LogP contribution in [0.1, 0.15) is 96.8 Å². The van der Waals surface area contributed by atoms with Gasteiger partial charge in [0.2, 0.25) is 11.8 Å². The van der Waals surface area contributed by atoms with Gasteiger partial charge in [-0.2, -0.15) is 0 Å². The fraction of sp³-hybridized carbons (Fsp3) is 0.368. The van der Waals surface area contributed by atoms with E-state index in [1.165, 1.54) is 17.4 Å². The Morgan fingerprint density at radius 3 is 2.30 bits per heavy atom. The number of imide groups is 2. The second-order valence-electron chi connectivity index (χ2n) is 20.3. The number of carbonyl (C=O) groups excluding carboxylic acids is 5. The van der Waals surface area contributed by atoms with E-state index in [-0.39, 0.29) is 41.3 Å². The highest BCUT2D eigenvalue weighted by Crippen LogP contribution is 2.37. The van der Waals surface area contributed by atoms with Gasteiger partial charge < -0.3 is 24.5 Å². The number of ether oxygens (including phenoxy) is 1. The molecule has 3 saturated heterocycles. The van der Waals surface area contributed by atoms with Gasteiger partial charge in [-0.15, -0.1) is 0 Å². The minimum atomic E-state index is -1.13. The minimum Gasteiger partial charge on any atom is -0.493 e. The maximum atomic E-state index is 15.5. The zero-order valence-corrected chi connectivity index (χ0v) is 43.0. The van der Waals surface area contributed by atoms with Gasteiger partial charge in [-0.05, 0) is 135 Å². The van der Waals surface area contributed by atoms with Crippen molar-refractivity contribution in [1.82, 2.24) is 30.0 Å². The fourth-order valence-electron chi connectivity index (χ4n) is 11.4. The highest BCUT2D eigenvalue weighted by molar-refractivity contribution is 7.22. The number of rotatable bonds is 15. The topological polar surface area (TPSA) is 198 Å². The number of carbonyl (C=O) groups is 6. The van der Waals surface area contributed by atoms with Gasteiger partial charge in [0.05, 0.1) is 33.6 Å². The monoisotopic (exact) mass is 1050 g/mol. The molecular formula is C57H58FN9O8S. The predicted molar refractivity (Wildman–Crippen MR) is 286 cm³/mol. The molecule has 3 fully saturated rings. The van der Waals surface area contributed by atoms with Crippen LogP contribution in [0, 0.1) is 18.7 Å². The smallest absolute Gasteiger partial charge is 0.355 e. The molecule has 0 aliphatic carbocycles. The number of thiazole rings is 1. The molecule has 7 heterocycles. The lowest BCUT2D eigenvalue weighted by Crippen LogP contribution is -2.54. The number of carboxylic acid groups (broad SMARTS) is 1. The van der Waals surface area contributed by atoms with Gasteiger partial charge in [-0.3, -0.25) is 44.4 Å². The molecule has 5 amide bonds. The number of piperazine rings is 1. The number of para-hydroxylation sites is 1. The summed E-state index contributed by atoms with van der Waals surface area (Å²) in [6.45, 7) is 9.93. The Balaban J connectivity index is 0.631. The van der Waals surface area contributed by atoms with E-state index in [0.29, 0.717) is 73.0 Å². The van der Waals surface area contributed by atoms with Crippen LogP contribution in [0.3, 0.4) is 0 Å². The van der Waals surface area contributed by atoms with Crippen molar-refractivity contribution in [1.29, 1.82) is 0 Å². The van der Waals surface area contributed by atoms with Crippen LogP contribution in [0.4, 0.5) is 21.0 Å². The van der Waals surface area contributed by atoms with Crippen LogP contribution in [0.25, 0.3) is 21.3 Å². The molecule has 11 rings (SSSR count). The first-order valence-corrected chi connectivity index (χ1v) is 26.9. The van der Waals surface area contributed by atoms with Crippen molar-refractivity contribution >= 4 is 73.7 Å². The van der Waals surface area contributed by atoms with Crippen LogP contribution in [0.15, 0.2) is 84.9 Å². The summed E-state index contributed by atoms with van der Waals surface area (Å²) < 4.78 is 22.8. The third-order valence-corrected chi connectivity index (χ3v) is 16.6. The number of aromatic carboxylic acids is 1. The number of anilines is 3. The number of hydrogen-bond donors (Lipinski definition) is 3. The zero-order chi connectivity index (χ0) is 52.6. The lowest BCUT2D eigenvalue weighted by molar-refractivity contribution is -0.136. The molecule has 2 aromatic heterocycles. The molecule has 17 nitrogen and oxygen atoms in total. The number of fused-ring (bicyclic) bond motifs is 3. The second-order valence-corrected chi connectivity index (χ2v) is 21.3. The number of piperidine rings is 2. The molecular weight excluding hydrogens is 990 g/mol. The average Bonchev–Trinajstić information content (AvgIpc) is 3.96. The van der Waals surface area contributed by atoms with Crippen LogP contribution < -0.4 is 25.2 Å². The number of hydrogen-bond acceptors (Lipinski definition) is 14. The van der Waals surface area contributed by atoms with Crippen molar-refractivity contribution in [3.8, 4) is 16.9 Å². The normalized spacial score (nSPS) is 18.5. The van der Waals surface area contributed by atoms with Crippen molar-refractivity contribution in [3.05, 3.63) is 130 Å². The summed E-state index contributed by atoms with van der Waals surface area (Å²) in [6, 6.07) is 24.3. The molecule has 19 heteroatoms. The Bertz CT molecular complexity index is 3260. The highest BCUT2D eigenvalue weighted by Gasteiger charge is 2.45. The van der Waals surface area contributed by atoms with Crippen LogP contribution in [-0.2, 0) is 22.6 Å². The first-order valence-electron chi connectivity index (χ1n) is 26.1. The lowest BCUT2D eigenvalue weighted by atomic mass is 9.92. The van der Waals surface area contributed by atoms with Crippen molar-refractivity contribution in [2.75, 3.05) is 80.6 Å². The molecule has 392 valence electrons. The number of benzene rings is 4. The molecule has 1 atom stereocenters. The van der Waals surface area contributed by atoms with Gasteiger partial charge in [0.25, 0.3) is 17.7 Å². The van der Waals surface area contributed by atoms with E-state index in [0.717, 1.165) is 108 Å². The summed E-state index contributed by atoms with van der Waals surface area (Å²) in [5.41, 5.74) is 5.64. The Kier molecular flexibility index (Phi) is 14.3. The van der Waals surface area contributed by atoms with E-state index >= 15 is 4.39 Å². The van der Waals surface area contributed by atoms with E-state index in [1.54, 1.807) is 0 Å². The minimum absolute atomic E-state index is 0.0126. The van der Waals surface area contributed by atoms with Gasteiger partial charge in [-0.25, -0.2) is 19.2 Å². The van der Waals surface area contributed by atoms with Crippen molar-refractivity contribution < 1.29 is 43.0 Å². The highest BCUT2D eigenvalue weighted by atomic mass is 32.1. The van der Waals surface area contributed by atoms with Gasteiger partial charge in [0.15, 0.2) is 10.8 Å². The third kappa shape index (κ3) is 10.3. The summed E-state index contributed by atoms with van der Waals surface area (Å²) in [5, 5.41) is 16.2. The van der Waals surface area contributed by atoms with Gasteiger partial charge in [-0.1, -0.05) is 47.7 Å². The number of pyridine rings is 1. The molecule has 0 radical (unpaired) electrons. The van der Waals surface area contributed by atoms with Crippen LogP contribution in [0.5, 0.6) is 5.75 Å². The number of nitrogens with zero attached hydrogens (tertiary/aromatic N) is 7. The summed E-state index contributed by atoms with van der Waals surface area (Å²) in [6.07, 6.45) is 4.88. The SMILES string of the molecule is Cc1c(OCCCC2CCN(CCN3CCN(c4cc5c(cc4F)C(=O)N(C4CCC(=O)NC4=O)C5=O)CC3)CC2)cccc1-c1ccc(N2CCc3cccc(C(=O)Nc4nc5ccccc5s4)c3C2)nc1C(=O)O. The number of aromatic nitrogens is 2. The van der Waals surface area contributed by atoms with Crippen molar-refractivity contribution in [2.45, 2.75) is 64.5 Å². The average molecular weight is 1050 g/mol. The van der Waals surface area contributed by atoms with E-state index in [2.05, 4.69) is 25.4 Å². The zero-order valence-electron chi connectivity index (χ0n) is 42.2. The first kappa shape index (κ1) is 50.5. The van der Waals surface area contributed by atoms with Crippen LogP contribution in [-0.4, -0.2) is 137 Å². The molecule has 4 aromatic carbocycles. The number of halogens is 1. The number of amides is 5. The largest absolute Gasteiger partial charge is 0.493 e. The third-order valence-electron chi connectivity index (χ3n) is 15.7. The maximum absolute atomic E-state index is 15.5. The van der Waals surface area contributed by atoms with Crippen molar-refractivity contribution in [2.24, 2.45) is 5.92 Å². The van der Waals surface area contributed by atoms with E-state index in [1.807, 2.05) is 89.5 Å². The molecule has 5 aliphatic heterocycles. The maximum Gasteiger partial charge on any atom is 0.355 e. The Morgan fingerprint density at radius 1 is 0.789 bits per heavy atom. The van der Waals surface area contributed by atoms with Gasteiger partial charge >= 0.3 is 5.97 Å². The summed E-state index contributed by atoms with van der Waals surface area (Å²) in [5.74, 6) is -2.66. The lowest BCUT2D eigenvalue weighted by Gasteiger charge is -2.38. The number of carboxylic acids is 1. The summed E-state index contributed by atoms with van der Waals surface area (Å²) in [4.78, 5) is 96.1. The molecule has 0 spiro atoms. The summed E-state index contributed by atoms with van der Waals surface area (Å²) in [7, 11) is 0. The second kappa shape index (κ2) is 21.6. The number of likely N-dealkylation sites (tertiary alicyclic amines) is 1. The van der Waals surface area contributed by atoms with Crippen molar-refractivity contribution in [3.63, 3.8) is 0 Å². The van der Waals surface area contributed by atoms with E-state index in [9.17, 15) is 33.9 Å². The van der Waals surface area contributed by atoms with Gasteiger partial charge in [0.1, 0.15) is 23.4 Å². The number of nitrogens with one attached hydrogen (secondary N) is 2. The Morgan fingerprint density at radius 2 is 1.54 bits per heavy atom. The molecule has 0 saturated carbocycles. The molecule has 1 unspecified atom stereocenters. The standard InChI is InChI=1S/C57H58FN9O8S/c1-34-37(38-14-16-49(60-51(38)56(73)74)66-23-20-36-8-4-10-39(42(36)33-66)52(69)62-57-59-44-11-2-3-13-48(44)76-57)9-5-12-47(34)75-30-6-7-35-18-21-63(22-19-35)24-25-64-26-28-65(29-27-64)46-32-41-40(31-43(46)58)54(71)67(55(41)72)45-15-17-50(68)61-53(45)70/h2-5,8-14,16,31-32,35,45H,6-7,15,17-30,33H2,1H3,(H,73,74)(H,59,62,69)(H,61,68,70).